The van der Waals surface area contributed by atoms with Crippen LogP contribution < -0.4 is 5.73 Å². The van der Waals surface area contributed by atoms with Gasteiger partial charge in [-0.2, -0.15) is 0 Å². The number of fused-ring (bicyclic) bond motifs is 1. The van der Waals surface area contributed by atoms with Gasteiger partial charge in [-0.15, -0.1) is 0 Å². The van der Waals surface area contributed by atoms with Crippen LogP contribution in [-0.2, 0) is 0 Å². The number of hydrogen-bond donors (Lipinski definition) is 1. The van der Waals surface area contributed by atoms with Crippen molar-refractivity contribution in [3.8, 4) is 0 Å². The predicted octanol–water partition coefficient (Wildman–Crippen LogP) is 4.73. The van der Waals surface area contributed by atoms with Crippen molar-refractivity contribution in [2.75, 3.05) is 0 Å². The molecule has 2 N–H and O–H groups in total. The summed E-state index contributed by atoms with van der Waals surface area (Å²) in [6.07, 6.45) is 4.84. The summed E-state index contributed by atoms with van der Waals surface area (Å²) < 4.78 is 0. The van der Waals surface area contributed by atoms with Crippen LogP contribution in [0.3, 0.4) is 0 Å². The minimum Gasteiger partial charge on any atom is -0.324 e. The van der Waals surface area contributed by atoms with Gasteiger partial charge < -0.3 is 5.73 Å². The highest BCUT2D eigenvalue weighted by Gasteiger charge is 2.12. The Balaban J connectivity index is 2.33. The van der Waals surface area contributed by atoms with Crippen LogP contribution in [0.1, 0.15) is 49.8 Å². The normalized spacial score (nSPS) is 12.8. The highest BCUT2D eigenvalue weighted by molar-refractivity contribution is 5.87. The van der Waals surface area contributed by atoms with Crippen molar-refractivity contribution in [3.63, 3.8) is 0 Å². The van der Waals surface area contributed by atoms with Gasteiger partial charge in [-0.1, -0.05) is 62.6 Å². The Morgan fingerprint density at radius 1 is 1.06 bits per heavy atom. The molecule has 0 aliphatic rings. The minimum atomic E-state index is 0.169. The quantitative estimate of drug-likeness (QED) is 0.752. The third-order valence-electron chi connectivity index (χ3n) is 3.68. The number of unbranched alkanes of at least 4 members (excludes halogenated alkanes) is 2. The summed E-state index contributed by atoms with van der Waals surface area (Å²) in [5, 5.41) is 2.62. The summed E-state index contributed by atoms with van der Waals surface area (Å²) in [7, 11) is 0. The van der Waals surface area contributed by atoms with Gasteiger partial charge in [-0.25, -0.2) is 0 Å². The van der Waals surface area contributed by atoms with E-state index >= 15 is 0 Å². The molecule has 2 aromatic rings. The van der Waals surface area contributed by atoms with E-state index in [0.717, 1.165) is 6.42 Å². The lowest BCUT2D eigenvalue weighted by Crippen LogP contribution is -2.12. The number of rotatable bonds is 5. The molecule has 2 aromatic carbocycles. The maximum atomic E-state index is 6.40. The average molecular weight is 241 g/mol. The number of benzene rings is 2. The fraction of sp³-hybridized carbons (Fsp3) is 0.412. The summed E-state index contributed by atoms with van der Waals surface area (Å²) in [5.41, 5.74) is 9.06. The highest BCUT2D eigenvalue weighted by Crippen LogP contribution is 2.29. The SMILES string of the molecule is CCCCCC(N)c1c(C)ccc2ccccc12. The highest BCUT2D eigenvalue weighted by atomic mass is 14.6. The first-order valence-electron chi connectivity index (χ1n) is 6.98. The molecule has 18 heavy (non-hydrogen) atoms. The van der Waals surface area contributed by atoms with Crippen LogP contribution in [0.25, 0.3) is 10.8 Å². The van der Waals surface area contributed by atoms with Crippen LogP contribution in [0.15, 0.2) is 36.4 Å². The fourth-order valence-corrected chi connectivity index (χ4v) is 2.66. The first kappa shape index (κ1) is 13.1. The molecule has 1 unspecified atom stereocenters. The summed E-state index contributed by atoms with van der Waals surface area (Å²) in [5.74, 6) is 0. The maximum absolute atomic E-state index is 6.40. The van der Waals surface area contributed by atoms with Crippen molar-refractivity contribution in [1.82, 2.24) is 0 Å². The van der Waals surface area contributed by atoms with Crippen molar-refractivity contribution in [3.05, 3.63) is 47.5 Å². The monoisotopic (exact) mass is 241 g/mol. The zero-order valence-corrected chi connectivity index (χ0v) is 11.4. The molecule has 0 aromatic heterocycles. The number of nitrogens with two attached hydrogens (primary N) is 1. The molecule has 2 rings (SSSR count). The van der Waals surface area contributed by atoms with Crippen LogP contribution in [0.2, 0.25) is 0 Å². The molecule has 0 bridgehead atoms. The van der Waals surface area contributed by atoms with Crippen LogP contribution in [0.5, 0.6) is 0 Å². The Labute approximate surface area is 110 Å². The summed E-state index contributed by atoms with van der Waals surface area (Å²) in [4.78, 5) is 0. The molecular weight excluding hydrogens is 218 g/mol. The first-order chi connectivity index (χ1) is 8.74. The second-order valence-corrected chi connectivity index (χ2v) is 5.12. The molecule has 0 heterocycles. The van der Waals surface area contributed by atoms with Crippen molar-refractivity contribution in [1.29, 1.82) is 0 Å². The maximum Gasteiger partial charge on any atom is 0.0303 e. The largest absolute Gasteiger partial charge is 0.324 e. The molecule has 0 saturated heterocycles. The lowest BCUT2D eigenvalue weighted by atomic mass is 9.92. The van der Waals surface area contributed by atoms with Crippen molar-refractivity contribution < 1.29 is 0 Å². The molecule has 1 nitrogen and oxygen atoms in total. The second kappa shape index (κ2) is 6.01. The minimum absolute atomic E-state index is 0.169. The summed E-state index contributed by atoms with van der Waals surface area (Å²) in [6, 6.07) is 13.1. The van der Waals surface area contributed by atoms with E-state index in [-0.39, 0.29) is 6.04 Å². The van der Waals surface area contributed by atoms with Gasteiger partial charge in [-0.3, -0.25) is 0 Å². The Bertz CT molecular complexity index is 516. The topological polar surface area (TPSA) is 26.0 Å². The molecule has 0 aliphatic heterocycles. The Kier molecular flexibility index (Phi) is 4.38. The lowest BCUT2D eigenvalue weighted by molar-refractivity contribution is 0.582. The van der Waals surface area contributed by atoms with Gasteiger partial charge in [0.15, 0.2) is 0 Å². The number of hydrogen-bond acceptors (Lipinski definition) is 1. The zero-order valence-electron chi connectivity index (χ0n) is 11.4. The molecule has 96 valence electrons. The fourth-order valence-electron chi connectivity index (χ4n) is 2.66. The van der Waals surface area contributed by atoms with Gasteiger partial charge in [-0.05, 0) is 35.2 Å². The summed E-state index contributed by atoms with van der Waals surface area (Å²) in [6.45, 7) is 4.40. The Morgan fingerprint density at radius 3 is 2.61 bits per heavy atom. The second-order valence-electron chi connectivity index (χ2n) is 5.12. The van der Waals surface area contributed by atoms with E-state index in [2.05, 4.69) is 50.2 Å². The zero-order chi connectivity index (χ0) is 13.0. The van der Waals surface area contributed by atoms with Gasteiger partial charge in [0.1, 0.15) is 0 Å². The van der Waals surface area contributed by atoms with Gasteiger partial charge in [0, 0.05) is 6.04 Å². The van der Waals surface area contributed by atoms with E-state index < -0.39 is 0 Å². The molecule has 0 saturated carbocycles. The van der Waals surface area contributed by atoms with E-state index in [1.807, 2.05) is 0 Å². The van der Waals surface area contributed by atoms with Gasteiger partial charge in [0.2, 0.25) is 0 Å². The van der Waals surface area contributed by atoms with Gasteiger partial charge in [0.05, 0.1) is 0 Å². The smallest absolute Gasteiger partial charge is 0.0303 e. The molecule has 0 fully saturated rings. The van der Waals surface area contributed by atoms with E-state index in [0.29, 0.717) is 0 Å². The molecule has 0 radical (unpaired) electrons. The summed E-state index contributed by atoms with van der Waals surface area (Å²) >= 11 is 0. The molecule has 1 heteroatoms. The van der Waals surface area contributed by atoms with Crippen LogP contribution in [0.4, 0.5) is 0 Å². The lowest BCUT2D eigenvalue weighted by Gasteiger charge is -2.17. The van der Waals surface area contributed by atoms with Gasteiger partial charge in [0.25, 0.3) is 0 Å². The van der Waals surface area contributed by atoms with Crippen molar-refractivity contribution >= 4 is 10.8 Å². The average Bonchev–Trinajstić information content (AvgIpc) is 2.38. The molecule has 1 atom stereocenters. The molecular formula is C17H23N. The van der Waals surface area contributed by atoms with E-state index in [4.69, 9.17) is 5.73 Å². The van der Waals surface area contributed by atoms with E-state index in [1.165, 1.54) is 41.2 Å². The van der Waals surface area contributed by atoms with Crippen molar-refractivity contribution in [2.45, 2.75) is 45.6 Å². The third-order valence-corrected chi connectivity index (χ3v) is 3.68. The standard InChI is InChI=1S/C17H23N/c1-3-4-5-10-16(18)17-13(2)11-12-14-8-6-7-9-15(14)17/h6-9,11-12,16H,3-5,10,18H2,1-2H3. The molecule has 0 amide bonds. The molecule has 0 aliphatic carbocycles. The van der Waals surface area contributed by atoms with Crippen LogP contribution >= 0.6 is 0 Å². The van der Waals surface area contributed by atoms with Gasteiger partial charge >= 0.3 is 0 Å². The van der Waals surface area contributed by atoms with Crippen LogP contribution in [-0.4, -0.2) is 0 Å². The van der Waals surface area contributed by atoms with E-state index in [1.54, 1.807) is 0 Å². The van der Waals surface area contributed by atoms with Crippen LogP contribution in [0, 0.1) is 6.92 Å². The van der Waals surface area contributed by atoms with E-state index in [9.17, 15) is 0 Å². The predicted molar refractivity (Wildman–Crippen MR) is 79.8 cm³/mol. The Hall–Kier alpha value is -1.34. The molecule has 0 spiro atoms. The number of aryl methyl sites for hydroxylation is 1. The van der Waals surface area contributed by atoms with Crippen molar-refractivity contribution in [2.24, 2.45) is 5.73 Å². The third kappa shape index (κ3) is 2.73. The Morgan fingerprint density at radius 2 is 1.83 bits per heavy atom. The first-order valence-corrected chi connectivity index (χ1v) is 6.98.